The Morgan fingerprint density at radius 1 is 1.30 bits per heavy atom. The average molecular weight is 402 g/mol. The van der Waals surface area contributed by atoms with Crippen LogP contribution in [0.5, 0.6) is 0 Å². The largest absolute Gasteiger partial charge is 0.309 e. The van der Waals surface area contributed by atoms with Crippen LogP contribution in [-0.4, -0.2) is 9.97 Å². The second-order valence-corrected chi connectivity index (χ2v) is 9.11. The standard InChI is InChI=1S/C21H24ClN3OS/c1-11-8-9-15-17(10-11)27-21-18(15)20(26)24-19(25-21)13(3)23-12(2)14-6-4-5-7-16(14)22/h4-7,11-13,23H,8-10H2,1-3H3,(H,24,25,26)/t11-,12+,13-/m1/s1. The van der Waals surface area contributed by atoms with Crippen LogP contribution in [0.2, 0.25) is 5.02 Å². The van der Waals surface area contributed by atoms with Crippen molar-refractivity contribution < 1.29 is 0 Å². The van der Waals surface area contributed by atoms with Gasteiger partial charge in [-0.25, -0.2) is 4.98 Å². The minimum atomic E-state index is -0.0913. The minimum Gasteiger partial charge on any atom is -0.309 e. The smallest absolute Gasteiger partial charge is 0.259 e. The van der Waals surface area contributed by atoms with E-state index in [0.29, 0.717) is 11.7 Å². The number of rotatable bonds is 4. The number of aromatic nitrogens is 2. The molecule has 27 heavy (non-hydrogen) atoms. The lowest BCUT2D eigenvalue weighted by Gasteiger charge is -2.20. The summed E-state index contributed by atoms with van der Waals surface area (Å²) < 4.78 is 0. The molecule has 142 valence electrons. The second-order valence-electron chi connectivity index (χ2n) is 7.61. The highest BCUT2D eigenvalue weighted by molar-refractivity contribution is 7.18. The summed E-state index contributed by atoms with van der Waals surface area (Å²) in [6.45, 7) is 6.37. The predicted molar refractivity (Wildman–Crippen MR) is 113 cm³/mol. The Morgan fingerprint density at radius 2 is 2.07 bits per heavy atom. The van der Waals surface area contributed by atoms with E-state index in [4.69, 9.17) is 16.6 Å². The van der Waals surface area contributed by atoms with E-state index in [9.17, 15) is 4.79 Å². The highest BCUT2D eigenvalue weighted by atomic mass is 35.5. The number of halogens is 1. The van der Waals surface area contributed by atoms with Crippen molar-refractivity contribution in [2.45, 2.75) is 52.1 Å². The van der Waals surface area contributed by atoms with Gasteiger partial charge in [0.25, 0.3) is 5.56 Å². The lowest BCUT2D eigenvalue weighted by atomic mass is 9.89. The molecule has 1 aliphatic carbocycles. The van der Waals surface area contributed by atoms with E-state index in [-0.39, 0.29) is 17.6 Å². The summed E-state index contributed by atoms with van der Waals surface area (Å²) >= 11 is 8.00. The quantitative estimate of drug-likeness (QED) is 0.633. The fraction of sp³-hybridized carbons (Fsp3) is 0.429. The van der Waals surface area contributed by atoms with Gasteiger partial charge in [0.15, 0.2) is 0 Å². The molecule has 1 aromatic carbocycles. The lowest BCUT2D eigenvalue weighted by molar-refractivity contribution is 0.477. The highest BCUT2D eigenvalue weighted by Gasteiger charge is 2.24. The summed E-state index contributed by atoms with van der Waals surface area (Å²) in [5.41, 5.74) is 2.24. The molecule has 0 saturated carbocycles. The third kappa shape index (κ3) is 3.56. The van der Waals surface area contributed by atoms with Gasteiger partial charge in [-0.2, -0.15) is 0 Å². The maximum absolute atomic E-state index is 12.8. The van der Waals surface area contributed by atoms with Gasteiger partial charge in [0.2, 0.25) is 0 Å². The van der Waals surface area contributed by atoms with Gasteiger partial charge in [0.1, 0.15) is 10.7 Å². The molecule has 3 aromatic rings. The molecule has 0 aliphatic heterocycles. The van der Waals surface area contributed by atoms with Gasteiger partial charge >= 0.3 is 0 Å². The first-order chi connectivity index (χ1) is 12.9. The third-order valence-corrected chi connectivity index (χ3v) is 6.96. The van der Waals surface area contributed by atoms with Crippen LogP contribution >= 0.6 is 22.9 Å². The minimum absolute atomic E-state index is 0.0129. The average Bonchev–Trinajstić information content (AvgIpc) is 2.99. The molecule has 3 atom stereocenters. The number of H-pyrrole nitrogens is 1. The first kappa shape index (κ1) is 18.7. The van der Waals surface area contributed by atoms with Crippen molar-refractivity contribution in [3.05, 3.63) is 61.5 Å². The molecular formula is C21H24ClN3OS. The Bertz CT molecular complexity index is 1040. The van der Waals surface area contributed by atoms with Crippen LogP contribution in [0.4, 0.5) is 0 Å². The molecule has 0 fully saturated rings. The molecule has 2 N–H and O–H groups in total. The van der Waals surface area contributed by atoms with E-state index in [1.165, 1.54) is 10.4 Å². The van der Waals surface area contributed by atoms with Crippen molar-refractivity contribution in [1.29, 1.82) is 0 Å². The van der Waals surface area contributed by atoms with Crippen LogP contribution in [0.3, 0.4) is 0 Å². The first-order valence-electron chi connectivity index (χ1n) is 9.49. The Morgan fingerprint density at radius 3 is 2.85 bits per heavy atom. The monoisotopic (exact) mass is 401 g/mol. The number of aromatic amines is 1. The van der Waals surface area contributed by atoms with Crippen molar-refractivity contribution in [2.24, 2.45) is 5.92 Å². The maximum Gasteiger partial charge on any atom is 0.259 e. The molecule has 0 amide bonds. The number of fused-ring (bicyclic) bond motifs is 3. The van der Waals surface area contributed by atoms with Crippen LogP contribution in [0.15, 0.2) is 29.1 Å². The van der Waals surface area contributed by atoms with Gasteiger partial charge in [0.05, 0.1) is 11.4 Å². The predicted octanol–water partition coefficient (Wildman–Crippen LogP) is 5.17. The maximum atomic E-state index is 12.8. The van der Waals surface area contributed by atoms with Gasteiger partial charge in [-0.05, 0) is 56.2 Å². The molecule has 2 aromatic heterocycles. The fourth-order valence-electron chi connectivity index (χ4n) is 3.94. The van der Waals surface area contributed by atoms with Crippen molar-refractivity contribution in [1.82, 2.24) is 15.3 Å². The second kappa shape index (κ2) is 7.38. The van der Waals surface area contributed by atoms with Crippen molar-refractivity contribution in [3.8, 4) is 0 Å². The van der Waals surface area contributed by atoms with Crippen LogP contribution in [-0.2, 0) is 12.8 Å². The highest BCUT2D eigenvalue weighted by Crippen LogP contribution is 2.36. The van der Waals surface area contributed by atoms with E-state index in [1.54, 1.807) is 11.3 Å². The van der Waals surface area contributed by atoms with E-state index in [0.717, 1.165) is 40.1 Å². The van der Waals surface area contributed by atoms with E-state index < -0.39 is 0 Å². The number of nitrogens with one attached hydrogen (secondary N) is 2. The summed E-state index contributed by atoms with van der Waals surface area (Å²) in [4.78, 5) is 22.8. The number of thiophene rings is 1. The molecule has 4 nitrogen and oxygen atoms in total. The van der Waals surface area contributed by atoms with Crippen LogP contribution in [0.25, 0.3) is 10.2 Å². The summed E-state index contributed by atoms with van der Waals surface area (Å²) in [7, 11) is 0. The summed E-state index contributed by atoms with van der Waals surface area (Å²) in [6.07, 6.45) is 3.19. The Hall–Kier alpha value is -1.69. The third-order valence-electron chi connectivity index (χ3n) is 5.47. The van der Waals surface area contributed by atoms with Gasteiger partial charge in [-0.3, -0.25) is 4.79 Å². The zero-order valence-electron chi connectivity index (χ0n) is 15.8. The molecule has 2 heterocycles. The molecule has 0 unspecified atom stereocenters. The topological polar surface area (TPSA) is 57.8 Å². The Balaban J connectivity index is 1.64. The SMILES string of the molecule is C[C@@H]1CCc2c(sc3nc([C@@H](C)N[C@@H](C)c4ccccc4Cl)[nH]c(=O)c23)C1. The summed E-state index contributed by atoms with van der Waals surface area (Å²) in [5, 5.41) is 5.04. The number of hydrogen-bond acceptors (Lipinski definition) is 4. The zero-order valence-corrected chi connectivity index (χ0v) is 17.4. The Kier molecular flexibility index (Phi) is 5.10. The van der Waals surface area contributed by atoms with E-state index in [1.807, 2.05) is 31.2 Å². The van der Waals surface area contributed by atoms with Gasteiger partial charge in [0, 0.05) is 15.9 Å². The fourth-order valence-corrected chi connectivity index (χ4v) is 5.63. The van der Waals surface area contributed by atoms with E-state index >= 15 is 0 Å². The molecule has 0 saturated heterocycles. The molecule has 0 bridgehead atoms. The van der Waals surface area contributed by atoms with Crippen molar-refractivity contribution in [3.63, 3.8) is 0 Å². The van der Waals surface area contributed by atoms with Crippen LogP contribution < -0.4 is 10.9 Å². The summed E-state index contributed by atoms with van der Waals surface area (Å²) in [6, 6.07) is 7.77. The lowest BCUT2D eigenvalue weighted by Crippen LogP contribution is -2.26. The molecule has 6 heteroatoms. The number of benzene rings is 1. The van der Waals surface area contributed by atoms with Gasteiger partial charge in [-0.15, -0.1) is 11.3 Å². The summed E-state index contributed by atoms with van der Waals surface area (Å²) in [5.74, 6) is 1.36. The molecule has 0 radical (unpaired) electrons. The zero-order chi connectivity index (χ0) is 19.1. The van der Waals surface area contributed by atoms with Crippen molar-refractivity contribution in [2.75, 3.05) is 0 Å². The normalized spacial score (nSPS) is 19.0. The van der Waals surface area contributed by atoms with Crippen LogP contribution in [0.1, 0.15) is 61.1 Å². The number of aryl methyl sites for hydroxylation is 1. The van der Waals surface area contributed by atoms with Crippen LogP contribution in [0, 0.1) is 5.92 Å². The molecule has 0 spiro atoms. The Labute approximate surface area is 168 Å². The van der Waals surface area contributed by atoms with E-state index in [2.05, 4.69) is 24.1 Å². The molecular weight excluding hydrogens is 378 g/mol. The number of nitrogens with zero attached hydrogens (tertiary/aromatic N) is 1. The van der Waals surface area contributed by atoms with Gasteiger partial charge in [-0.1, -0.05) is 36.7 Å². The number of hydrogen-bond donors (Lipinski definition) is 2. The molecule has 4 rings (SSSR count). The molecule has 1 aliphatic rings. The van der Waals surface area contributed by atoms with Crippen molar-refractivity contribution >= 4 is 33.2 Å². The first-order valence-corrected chi connectivity index (χ1v) is 10.7. The van der Waals surface area contributed by atoms with Gasteiger partial charge < -0.3 is 10.3 Å².